The van der Waals surface area contributed by atoms with Gasteiger partial charge in [0.1, 0.15) is 5.82 Å². The molecule has 1 aromatic heterocycles. The average molecular weight is 315 g/mol. The standard InChI is InChI=1S/C16H17N3O2S/c1-12-6-5-7-13(10-12)22(20,21)17-11-16-18-14-8-3-4-9-15(14)19(16)2/h3-10,17H,11H2,1-2H3. The summed E-state index contributed by atoms with van der Waals surface area (Å²) in [7, 11) is -1.66. The summed E-state index contributed by atoms with van der Waals surface area (Å²) in [6.45, 7) is 2.02. The molecule has 2 aromatic carbocycles. The molecule has 3 rings (SSSR count). The molecule has 0 spiro atoms. The van der Waals surface area contributed by atoms with Crippen LogP contribution in [0.25, 0.3) is 11.0 Å². The molecule has 114 valence electrons. The summed E-state index contributed by atoms with van der Waals surface area (Å²) >= 11 is 0. The summed E-state index contributed by atoms with van der Waals surface area (Å²) in [5, 5.41) is 0. The first-order valence-corrected chi connectivity index (χ1v) is 8.42. The van der Waals surface area contributed by atoms with E-state index < -0.39 is 10.0 Å². The van der Waals surface area contributed by atoms with E-state index in [9.17, 15) is 8.42 Å². The second-order valence-electron chi connectivity index (χ2n) is 5.22. The molecule has 0 aliphatic carbocycles. The Balaban J connectivity index is 1.86. The van der Waals surface area contributed by atoms with Gasteiger partial charge in [-0.3, -0.25) is 0 Å². The maximum absolute atomic E-state index is 12.3. The van der Waals surface area contributed by atoms with Crippen molar-refractivity contribution in [2.24, 2.45) is 7.05 Å². The van der Waals surface area contributed by atoms with E-state index in [-0.39, 0.29) is 11.4 Å². The number of hydrogen-bond acceptors (Lipinski definition) is 3. The third-order valence-electron chi connectivity index (χ3n) is 3.60. The van der Waals surface area contributed by atoms with Gasteiger partial charge in [-0.05, 0) is 36.8 Å². The van der Waals surface area contributed by atoms with Crippen LogP contribution < -0.4 is 4.72 Å². The largest absolute Gasteiger partial charge is 0.330 e. The Morgan fingerprint density at radius 1 is 1.14 bits per heavy atom. The van der Waals surface area contributed by atoms with Crippen molar-refractivity contribution < 1.29 is 8.42 Å². The molecule has 0 amide bonds. The van der Waals surface area contributed by atoms with Crippen molar-refractivity contribution in [1.29, 1.82) is 0 Å². The molecule has 3 aromatic rings. The van der Waals surface area contributed by atoms with Crippen LogP contribution in [0.5, 0.6) is 0 Å². The van der Waals surface area contributed by atoms with Gasteiger partial charge >= 0.3 is 0 Å². The summed E-state index contributed by atoms with van der Waals surface area (Å²) in [5.41, 5.74) is 2.74. The normalized spacial score (nSPS) is 11.9. The van der Waals surface area contributed by atoms with Crippen LogP contribution in [-0.4, -0.2) is 18.0 Å². The lowest BCUT2D eigenvalue weighted by Gasteiger charge is -2.07. The third kappa shape index (κ3) is 2.75. The maximum Gasteiger partial charge on any atom is 0.240 e. The number of fused-ring (bicyclic) bond motifs is 1. The fourth-order valence-electron chi connectivity index (χ4n) is 2.38. The molecule has 0 saturated carbocycles. The Kier molecular flexibility index (Phi) is 3.72. The molecule has 1 N–H and O–H groups in total. The lowest BCUT2D eigenvalue weighted by molar-refractivity contribution is 0.578. The van der Waals surface area contributed by atoms with Gasteiger partial charge in [-0.25, -0.2) is 18.1 Å². The van der Waals surface area contributed by atoms with Crippen LogP contribution in [-0.2, 0) is 23.6 Å². The summed E-state index contributed by atoms with van der Waals surface area (Å²) < 4.78 is 29.2. The molecule has 6 heteroatoms. The highest BCUT2D eigenvalue weighted by atomic mass is 32.2. The number of sulfonamides is 1. The molecule has 0 radical (unpaired) electrons. The third-order valence-corrected chi connectivity index (χ3v) is 5.00. The van der Waals surface area contributed by atoms with Crippen LogP contribution in [0.1, 0.15) is 11.4 Å². The highest BCUT2D eigenvalue weighted by molar-refractivity contribution is 7.89. The number of nitrogens with one attached hydrogen (secondary N) is 1. The zero-order valence-electron chi connectivity index (χ0n) is 12.4. The number of nitrogens with zero attached hydrogens (tertiary/aromatic N) is 2. The first-order chi connectivity index (χ1) is 10.5. The van der Waals surface area contributed by atoms with Crippen molar-refractivity contribution in [3.63, 3.8) is 0 Å². The number of benzene rings is 2. The monoisotopic (exact) mass is 315 g/mol. The van der Waals surface area contributed by atoms with Gasteiger partial charge in [0.2, 0.25) is 10.0 Å². The smallest absolute Gasteiger partial charge is 0.240 e. The number of aromatic nitrogens is 2. The predicted octanol–water partition coefficient (Wildman–Crippen LogP) is 2.36. The van der Waals surface area contributed by atoms with Gasteiger partial charge in [-0.1, -0.05) is 24.3 Å². The molecule has 0 aliphatic heterocycles. The van der Waals surface area contributed by atoms with Gasteiger partial charge in [0, 0.05) is 7.05 Å². The highest BCUT2D eigenvalue weighted by Crippen LogP contribution is 2.15. The number of imidazole rings is 1. The Morgan fingerprint density at radius 2 is 1.91 bits per heavy atom. The van der Waals surface area contributed by atoms with Gasteiger partial charge in [0.25, 0.3) is 0 Å². The Labute approximate surface area is 129 Å². The molecule has 0 fully saturated rings. The van der Waals surface area contributed by atoms with E-state index in [0.717, 1.165) is 16.6 Å². The topological polar surface area (TPSA) is 64.0 Å². The van der Waals surface area contributed by atoms with Crippen LogP contribution >= 0.6 is 0 Å². The highest BCUT2D eigenvalue weighted by Gasteiger charge is 2.15. The van der Waals surface area contributed by atoms with Crippen LogP contribution in [0.3, 0.4) is 0 Å². The van der Waals surface area contributed by atoms with E-state index in [0.29, 0.717) is 5.82 Å². The van der Waals surface area contributed by atoms with Gasteiger partial charge in [0.05, 0.1) is 22.5 Å². The molecule has 22 heavy (non-hydrogen) atoms. The van der Waals surface area contributed by atoms with E-state index >= 15 is 0 Å². The van der Waals surface area contributed by atoms with Crippen LogP contribution in [0.4, 0.5) is 0 Å². The van der Waals surface area contributed by atoms with Crippen molar-refractivity contribution in [2.75, 3.05) is 0 Å². The minimum absolute atomic E-state index is 0.154. The Morgan fingerprint density at radius 3 is 2.64 bits per heavy atom. The molecular formula is C16H17N3O2S. The van der Waals surface area contributed by atoms with E-state index in [1.165, 1.54) is 0 Å². The fraction of sp³-hybridized carbons (Fsp3) is 0.188. The zero-order chi connectivity index (χ0) is 15.7. The van der Waals surface area contributed by atoms with Gasteiger partial charge in [0.15, 0.2) is 0 Å². The summed E-state index contributed by atoms with van der Waals surface area (Å²) in [4.78, 5) is 4.73. The molecular weight excluding hydrogens is 298 g/mol. The minimum Gasteiger partial charge on any atom is -0.330 e. The van der Waals surface area contributed by atoms with Gasteiger partial charge in [-0.2, -0.15) is 0 Å². The van der Waals surface area contributed by atoms with Crippen molar-refractivity contribution in [2.45, 2.75) is 18.4 Å². The number of aryl methyl sites for hydroxylation is 2. The molecule has 0 saturated heterocycles. The Hall–Kier alpha value is -2.18. The van der Waals surface area contributed by atoms with Crippen LogP contribution in [0.2, 0.25) is 0 Å². The summed E-state index contributed by atoms with van der Waals surface area (Å²) in [6.07, 6.45) is 0. The Bertz CT molecular complexity index is 929. The van der Waals surface area contributed by atoms with Gasteiger partial charge < -0.3 is 4.57 Å². The van der Waals surface area contributed by atoms with Crippen LogP contribution in [0, 0.1) is 6.92 Å². The van der Waals surface area contributed by atoms with Crippen molar-refractivity contribution in [3.8, 4) is 0 Å². The zero-order valence-corrected chi connectivity index (χ0v) is 13.3. The van der Waals surface area contributed by atoms with E-state index in [4.69, 9.17) is 0 Å². The predicted molar refractivity (Wildman–Crippen MR) is 85.9 cm³/mol. The van der Waals surface area contributed by atoms with Crippen molar-refractivity contribution >= 4 is 21.1 Å². The van der Waals surface area contributed by atoms with Crippen molar-refractivity contribution in [3.05, 3.63) is 59.9 Å². The summed E-state index contributed by atoms with van der Waals surface area (Å²) in [6, 6.07) is 14.6. The van der Waals surface area contributed by atoms with E-state index in [1.807, 2.05) is 48.9 Å². The molecule has 0 atom stereocenters. The number of rotatable bonds is 4. The van der Waals surface area contributed by atoms with Crippen molar-refractivity contribution in [1.82, 2.24) is 14.3 Å². The molecule has 1 heterocycles. The lowest BCUT2D eigenvalue weighted by atomic mass is 10.2. The maximum atomic E-state index is 12.3. The molecule has 0 aliphatic rings. The first kappa shape index (κ1) is 14.7. The average Bonchev–Trinajstić information content (AvgIpc) is 2.82. The first-order valence-electron chi connectivity index (χ1n) is 6.94. The SMILES string of the molecule is Cc1cccc(S(=O)(=O)NCc2nc3ccccc3n2C)c1. The molecule has 5 nitrogen and oxygen atoms in total. The second-order valence-corrected chi connectivity index (χ2v) is 6.98. The van der Waals surface area contributed by atoms with E-state index in [2.05, 4.69) is 9.71 Å². The second kappa shape index (κ2) is 5.55. The lowest BCUT2D eigenvalue weighted by Crippen LogP contribution is -2.24. The fourth-order valence-corrected chi connectivity index (χ4v) is 3.46. The quantitative estimate of drug-likeness (QED) is 0.804. The summed E-state index contributed by atoms with van der Waals surface area (Å²) in [5.74, 6) is 0.678. The number of para-hydroxylation sites is 2. The van der Waals surface area contributed by atoms with E-state index in [1.54, 1.807) is 18.2 Å². The number of hydrogen-bond donors (Lipinski definition) is 1. The molecule has 0 bridgehead atoms. The molecule has 0 unspecified atom stereocenters. The minimum atomic E-state index is -3.54. The van der Waals surface area contributed by atoms with Crippen LogP contribution in [0.15, 0.2) is 53.4 Å². The van der Waals surface area contributed by atoms with Gasteiger partial charge in [-0.15, -0.1) is 0 Å².